The Labute approximate surface area is 394 Å². The molecule has 0 aromatic carbocycles. The number of esters is 2. The van der Waals surface area contributed by atoms with Crippen LogP contribution in [-0.4, -0.2) is 98.3 Å². The van der Waals surface area contributed by atoms with Crippen molar-refractivity contribution in [2.45, 2.75) is 288 Å². The van der Waals surface area contributed by atoms with Crippen molar-refractivity contribution in [2.75, 3.05) is 13.2 Å². The first-order valence-electron chi connectivity index (χ1n) is 26.5. The molecule has 8 atom stereocenters. The predicted molar refractivity (Wildman–Crippen MR) is 258 cm³/mol. The third-order valence-corrected chi connectivity index (χ3v) is 13.6. The number of allylic oxidation sites excluding steroid dienone is 2. The molecule has 1 fully saturated rings. The number of hydrogen-bond donors (Lipinski definition) is 6. The SMILES string of the molecule is CCCCCCCC/C=C/CCCCCC(=O)O[C@@H](COC(=O)CCCCCCCCCCCCCCCCCCCCCCCCC)COP(=O)(O)OC1C(O)C(O)C(O)[C@H](O)C1O. The van der Waals surface area contributed by atoms with Crippen LogP contribution in [0.1, 0.15) is 245 Å². The zero-order chi connectivity index (χ0) is 47.8. The molecule has 0 aromatic rings. The summed E-state index contributed by atoms with van der Waals surface area (Å²) in [5.74, 6) is -1.10. The van der Waals surface area contributed by atoms with E-state index in [1.54, 1.807) is 0 Å². The topological polar surface area (TPSA) is 210 Å². The highest BCUT2D eigenvalue weighted by atomic mass is 31.2. The van der Waals surface area contributed by atoms with Crippen LogP contribution in [0.2, 0.25) is 0 Å². The van der Waals surface area contributed by atoms with Gasteiger partial charge in [0.1, 0.15) is 43.2 Å². The molecule has 0 radical (unpaired) electrons. The summed E-state index contributed by atoms with van der Waals surface area (Å²) in [6.45, 7) is 3.32. The van der Waals surface area contributed by atoms with Crippen molar-refractivity contribution in [1.82, 2.24) is 0 Å². The minimum Gasteiger partial charge on any atom is -0.462 e. The van der Waals surface area contributed by atoms with Crippen LogP contribution in [0.5, 0.6) is 0 Å². The zero-order valence-electron chi connectivity index (χ0n) is 41.1. The molecule has 0 amide bonds. The van der Waals surface area contributed by atoms with Crippen LogP contribution in [0, 0.1) is 0 Å². The number of aliphatic hydroxyl groups excluding tert-OH is 5. The van der Waals surface area contributed by atoms with E-state index in [1.165, 1.54) is 161 Å². The first-order chi connectivity index (χ1) is 31.4. The van der Waals surface area contributed by atoms with Crippen molar-refractivity contribution in [2.24, 2.45) is 0 Å². The number of carbonyl (C=O) groups is 2. The fourth-order valence-electron chi connectivity index (χ4n) is 8.34. The Morgan fingerprint density at radius 2 is 0.785 bits per heavy atom. The van der Waals surface area contributed by atoms with Crippen LogP contribution in [0.3, 0.4) is 0 Å². The van der Waals surface area contributed by atoms with Gasteiger partial charge in [0.05, 0.1) is 6.61 Å². The van der Waals surface area contributed by atoms with Crippen LogP contribution in [0.25, 0.3) is 0 Å². The number of ether oxygens (including phenoxy) is 2. The van der Waals surface area contributed by atoms with Gasteiger partial charge in [0.2, 0.25) is 0 Å². The second-order valence-electron chi connectivity index (χ2n) is 18.7. The van der Waals surface area contributed by atoms with Gasteiger partial charge in [-0.25, -0.2) is 4.57 Å². The van der Waals surface area contributed by atoms with Crippen LogP contribution in [-0.2, 0) is 32.7 Å². The second-order valence-corrected chi connectivity index (χ2v) is 20.1. The Kier molecular flexibility index (Phi) is 39.4. The molecule has 6 N–H and O–H groups in total. The standard InChI is InChI=1S/C51H97O13P/c1-3-5-7-9-11-13-15-17-18-19-20-21-22-23-24-25-26-28-29-31-33-35-37-39-44(52)61-41-43(42-62-65(59,60)64-51-49(57)47(55)46(54)48(56)50(51)58)63-45(53)40-38-36-34-32-30-27-16-14-12-10-8-6-4-2/h27,30,43,46-51,54-58H,3-26,28-29,31-42H2,1-2H3,(H,59,60)/b30-27+/t43-,46?,47-,48?,49?,50?,51?/m0/s1. The Hall–Kier alpha value is -1.41. The lowest BCUT2D eigenvalue weighted by molar-refractivity contribution is -0.220. The number of phosphoric acid groups is 1. The van der Waals surface area contributed by atoms with Crippen molar-refractivity contribution in [1.29, 1.82) is 0 Å². The van der Waals surface area contributed by atoms with E-state index in [9.17, 15) is 44.6 Å². The lowest BCUT2D eigenvalue weighted by Crippen LogP contribution is -2.64. The number of rotatable bonds is 45. The molecule has 0 heterocycles. The molecule has 1 rings (SSSR count). The van der Waals surface area contributed by atoms with Crippen LogP contribution >= 0.6 is 7.82 Å². The van der Waals surface area contributed by atoms with E-state index < -0.39 is 75.7 Å². The maximum absolute atomic E-state index is 12.8. The maximum Gasteiger partial charge on any atom is 0.472 e. The summed E-state index contributed by atoms with van der Waals surface area (Å²) >= 11 is 0. The van der Waals surface area contributed by atoms with Gasteiger partial charge in [0.15, 0.2) is 6.10 Å². The van der Waals surface area contributed by atoms with Gasteiger partial charge in [-0.1, -0.05) is 206 Å². The van der Waals surface area contributed by atoms with Crippen LogP contribution in [0.4, 0.5) is 0 Å². The molecule has 384 valence electrons. The van der Waals surface area contributed by atoms with E-state index in [4.69, 9.17) is 18.5 Å². The van der Waals surface area contributed by atoms with Crippen molar-refractivity contribution < 1.29 is 63.1 Å². The van der Waals surface area contributed by atoms with Gasteiger partial charge >= 0.3 is 19.8 Å². The summed E-state index contributed by atoms with van der Waals surface area (Å²) < 4.78 is 33.6. The fraction of sp³-hybridized carbons (Fsp3) is 0.922. The Balaban J connectivity index is 2.32. The Bertz CT molecular complexity index is 1190. The number of aliphatic hydroxyl groups is 5. The number of unbranched alkanes of at least 4 members (excludes halogenated alkanes) is 31. The molecule has 0 spiro atoms. The highest BCUT2D eigenvalue weighted by Gasteiger charge is 2.51. The number of carbonyl (C=O) groups excluding carboxylic acids is 2. The van der Waals surface area contributed by atoms with Crippen molar-refractivity contribution in [3.63, 3.8) is 0 Å². The van der Waals surface area contributed by atoms with E-state index >= 15 is 0 Å². The third kappa shape index (κ3) is 33.7. The monoisotopic (exact) mass is 949 g/mol. The van der Waals surface area contributed by atoms with Crippen LogP contribution in [0.15, 0.2) is 12.2 Å². The van der Waals surface area contributed by atoms with Gasteiger partial charge in [-0.2, -0.15) is 0 Å². The number of hydrogen-bond acceptors (Lipinski definition) is 12. The summed E-state index contributed by atoms with van der Waals surface area (Å²) in [6, 6.07) is 0. The van der Waals surface area contributed by atoms with E-state index in [1.807, 2.05) is 0 Å². The first kappa shape index (κ1) is 61.6. The second kappa shape index (κ2) is 41.6. The van der Waals surface area contributed by atoms with E-state index in [-0.39, 0.29) is 12.8 Å². The molecule has 13 nitrogen and oxygen atoms in total. The third-order valence-electron chi connectivity index (χ3n) is 12.6. The summed E-state index contributed by atoms with van der Waals surface area (Å²) in [5, 5.41) is 50.2. The molecule has 65 heavy (non-hydrogen) atoms. The molecule has 14 heteroatoms. The maximum atomic E-state index is 12.8. The average molecular weight is 949 g/mol. The quantitative estimate of drug-likeness (QED) is 0.0145. The summed E-state index contributed by atoms with van der Waals surface area (Å²) in [6.07, 6.45) is 32.8. The van der Waals surface area contributed by atoms with Crippen molar-refractivity contribution in [3.8, 4) is 0 Å². The van der Waals surface area contributed by atoms with Gasteiger partial charge in [-0.15, -0.1) is 0 Å². The lowest BCUT2D eigenvalue weighted by atomic mass is 9.85. The zero-order valence-corrected chi connectivity index (χ0v) is 41.9. The predicted octanol–water partition coefficient (Wildman–Crippen LogP) is 11.4. The molecule has 0 saturated heterocycles. The summed E-state index contributed by atoms with van der Waals surface area (Å²) in [5.41, 5.74) is 0. The Morgan fingerprint density at radius 3 is 1.18 bits per heavy atom. The van der Waals surface area contributed by atoms with Gasteiger partial charge < -0.3 is 39.9 Å². The molecule has 0 bridgehead atoms. The van der Waals surface area contributed by atoms with E-state index in [0.717, 1.165) is 44.9 Å². The fourth-order valence-corrected chi connectivity index (χ4v) is 9.32. The number of phosphoric ester groups is 1. The van der Waals surface area contributed by atoms with Crippen molar-refractivity contribution >= 4 is 19.8 Å². The summed E-state index contributed by atoms with van der Waals surface area (Å²) in [7, 11) is -5.12. The van der Waals surface area contributed by atoms with Gasteiger partial charge in [-0.05, 0) is 38.5 Å². The minimum atomic E-state index is -5.12. The normalized spacial score (nSPS) is 21.4. The highest BCUT2D eigenvalue weighted by Crippen LogP contribution is 2.47. The molecule has 6 unspecified atom stereocenters. The van der Waals surface area contributed by atoms with Gasteiger partial charge in [0, 0.05) is 12.8 Å². The van der Waals surface area contributed by atoms with E-state index in [0.29, 0.717) is 12.8 Å². The average Bonchev–Trinajstić information content (AvgIpc) is 3.29. The molecule has 1 aliphatic carbocycles. The highest BCUT2D eigenvalue weighted by molar-refractivity contribution is 7.47. The minimum absolute atomic E-state index is 0.0806. The van der Waals surface area contributed by atoms with Gasteiger partial charge in [0.25, 0.3) is 0 Å². The summed E-state index contributed by atoms with van der Waals surface area (Å²) in [4.78, 5) is 35.8. The lowest BCUT2D eigenvalue weighted by Gasteiger charge is -2.41. The van der Waals surface area contributed by atoms with Crippen molar-refractivity contribution in [3.05, 3.63) is 12.2 Å². The first-order valence-corrected chi connectivity index (χ1v) is 28.0. The largest absolute Gasteiger partial charge is 0.472 e. The molecular formula is C51H97O13P. The molecule has 0 aliphatic heterocycles. The van der Waals surface area contributed by atoms with Gasteiger partial charge in [-0.3, -0.25) is 18.6 Å². The smallest absolute Gasteiger partial charge is 0.462 e. The molecule has 1 aliphatic rings. The molecule has 1 saturated carbocycles. The van der Waals surface area contributed by atoms with Crippen LogP contribution < -0.4 is 0 Å². The Morgan fingerprint density at radius 1 is 0.462 bits per heavy atom. The molecule has 0 aromatic heterocycles. The molecular weight excluding hydrogens is 852 g/mol. The van der Waals surface area contributed by atoms with E-state index in [2.05, 4.69) is 26.0 Å².